The van der Waals surface area contributed by atoms with Crippen LogP contribution in [-0.2, 0) is 4.74 Å². The fourth-order valence-corrected chi connectivity index (χ4v) is 2.24. The molecule has 0 bridgehead atoms. The molecule has 1 aliphatic heterocycles. The van der Waals surface area contributed by atoms with Gasteiger partial charge in [-0.3, -0.25) is 0 Å². The smallest absolute Gasteiger partial charge is 0.0678 e. The average Bonchev–Trinajstić information content (AvgIpc) is 2.40. The first-order valence-corrected chi connectivity index (χ1v) is 5.89. The maximum absolute atomic E-state index is 5.36. The Labute approximate surface area is 100 Å². The van der Waals surface area contributed by atoms with Gasteiger partial charge in [-0.25, -0.2) is 0 Å². The third-order valence-corrected chi connectivity index (χ3v) is 3.21. The minimum atomic E-state index is 0.811. The summed E-state index contributed by atoms with van der Waals surface area (Å²) in [4.78, 5) is 2.35. The normalized spacial score (nSPS) is 16.4. The Morgan fingerprint density at radius 2 is 2.06 bits per heavy atom. The summed E-state index contributed by atoms with van der Waals surface area (Å²) in [5.41, 5.74) is 2.23. The average molecular weight is 229 g/mol. The van der Waals surface area contributed by atoms with Gasteiger partial charge in [0, 0.05) is 29.5 Å². The maximum Gasteiger partial charge on any atom is 0.0678 e. The SMILES string of the molecule is Cc1nncc2cc(N3CCOCC3)ccc12. The third kappa shape index (κ3) is 1.96. The molecular weight excluding hydrogens is 214 g/mol. The first kappa shape index (κ1) is 10.5. The van der Waals surface area contributed by atoms with Crippen LogP contribution in [0.1, 0.15) is 5.69 Å². The molecule has 0 unspecified atom stereocenters. The minimum absolute atomic E-state index is 0.811. The molecule has 2 heterocycles. The predicted molar refractivity (Wildman–Crippen MR) is 67.3 cm³/mol. The molecule has 1 saturated heterocycles. The molecule has 0 N–H and O–H groups in total. The van der Waals surface area contributed by atoms with Crippen molar-refractivity contribution >= 4 is 16.5 Å². The number of ether oxygens (including phenoxy) is 1. The highest BCUT2D eigenvalue weighted by Crippen LogP contribution is 2.23. The van der Waals surface area contributed by atoms with E-state index in [0.29, 0.717) is 0 Å². The second kappa shape index (κ2) is 4.30. The number of hydrogen-bond acceptors (Lipinski definition) is 4. The molecule has 0 amide bonds. The van der Waals surface area contributed by atoms with Crippen molar-refractivity contribution in [3.05, 3.63) is 30.1 Å². The monoisotopic (exact) mass is 229 g/mol. The summed E-state index contributed by atoms with van der Waals surface area (Å²) >= 11 is 0. The van der Waals surface area contributed by atoms with E-state index in [1.165, 1.54) is 11.1 Å². The van der Waals surface area contributed by atoms with Crippen LogP contribution in [0.4, 0.5) is 5.69 Å². The predicted octanol–water partition coefficient (Wildman–Crippen LogP) is 1.77. The van der Waals surface area contributed by atoms with Gasteiger partial charge in [-0.2, -0.15) is 10.2 Å². The van der Waals surface area contributed by atoms with E-state index in [1.54, 1.807) is 0 Å². The highest BCUT2D eigenvalue weighted by atomic mass is 16.5. The number of nitrogens with zero attached hydrogens (tertiary/aromatic N) is 3. The molecule has 0 spiro atoms. The van der Waals surface area contributed by atoms with Crippen molar-refractivity contribution in [1.82, 2.24) is 10.2 Å². The molecule has 3 rings (SSSR count). The van der Waals surface area contributed by atoms with Gasteiger partial charge < -0.3 is 9.64 Å². The van der Waals surface area contributed by atoms with Gasteiger partial charge in [0.15, 0.2) is 0 Å². The molecule has 4 heteroatoms. The van der Waals surface area contributed by atoms with Crippen molar-refractivity contribution in [2.24, 2.45) is 0 Å². The fourth-order valence-electron chi connectivity index (χ4n) is 2.24. The molecule has 17 heavy (non-hydrogen) atoms. The lowest BCUT2D eigenvalue weighted by Crippen LogP contribution is -2.36. The standard InChI is InChI=1S/C13H15N3O/c1-10-13-3-2-12(8-11(13)9-14-15-10)16-4-6-17-7-5-16/h2-3,8-9H,4-7H2,1H3. The van der Waals surface area contributed by atoms with Crippen molar-refractivity contribution < 1.29 is 4.74 Å². The minimum Gasteiger partial charge on any atom is -0.378 e. The third-order valence-electron chi connectivity index (χ3n) is 3.21. The van der Waals surface area contributed by atoms with Crippen LogP contribution < -0.4 is 4.90 Å². The van der Waals surface area contributed by atoms with Crippen LogP contribution in [0.25, 0.3) is 10.8 Å². The number of rotatable bonds is 1. The number of fused-ring (bicyclic) bond motifs is 1. The molecular formula is C13H15N3O. The number of aryl methyl sites for hydroxylation is 1. The molecule has 0 aliphatic carbocycles. The topological polar surface area (TPSA) is 38.2 Å². The largest absolute Gasteiger partial charge is 0.378 e. The zero-order valence-electron chi connectivity index (χ0n) is 9.89. The van der Waals surface area contributed by atoms with Crippen LogP contribution in [0.15, 0.2) is 24.4 Å². The van der Waals surface area contributed by atoms with Gasteiger partial charge in [-0.1, -0.05) is 6.07 Å². The molecule has 0 saturated carbocycles. The molecule has 0 radical (unpaired) electrons. The number of aromatic nitrogens is 2. The molecule has 2 aromatic rings. The number of anilines is 1. The van der Waals surface area contributed by atoms with E-state index in [-0.39, 0.29) is 0 Å². The Bertz CT molecular complexity index is 535. The summed E-state index contributed by atoms with van der Waals surface area (Å²) < 4.78 is 5.36. The van der Waals surface area contributed by atoms with Gasteiger partial charge in [-0.15, -0.1) is 0 Å². The van der Waals surface area contributed by atoms with Gasteiger partial charge in [0.1, 0.15) is 0 Å². The molecule has 1 fully saturated rings. The molecule has 4 nitrogen and oxygen atoms in total. The van der Waals surface area contributed by atoms with Crippen molar-refractivity contribution in [2.45, 2.75) is 6.92 Å². The zero-order chi connectivity index (χ0) is 11.7. The summed E-state index contributed by atoms with van der Waals surface area (Å²) in [7, 11) is 0. The first-order chi connectivity index (χ1) is 8.34. The van der Waals surface area contributed by atoms with Crippen LogP contribution in [0.2, 0.25) is 0 Å². The second-order valence-corrected chi connectivity index (χ2v) is 4.30. The van der Waals surface area contributed by atoms with Gasteiger partial charge in [0.2, 0.25) is 0 Å². The van der Waals surface area contributed by atoms with Crippen molar-refractivity contribution in [3.63, 3.8) is 0 Å². The van der Waals surface area contributed by atoms with E-state index in [2.05, 4.69) is 33.3 Å². The Balaban J connectivity index is 2.01. The Hall–Kier alpha value is -1.68. The number of morpholine rings is 1. The molecule has 1 aliphatic rings. The van der Waals surface area contributed by atoms with Gasteiger partial charge in [-0.05, 0) is 19.1 Å². The first-order valence-electron chi connectivity index (χ1n) is 5.89. The Morgan fingerprint density at radius 3 is 2.88 bits per heavy atom. The van der Waals surface area contributed by atoms with Crippen LogP contribution in [0.5, 0.6) is 0 Å². The van der Waals surface area contributed by atoms with Crippen LogP contribution in [0.3, 0.4) is 0 Å². The van der Waals surface area contributed by atoms with Gasteiger partial charge in [0.25, 0.3) is 0 Å². The van der Waals surface area contributed by atoms with Crippen molar-refractivity contribution in [2.75, 3.05) is 31.2 Å². The number of hydrogen-bond donors (Lipinski definition) is 0. The van der Waals surface area contributed by atoms with E-state index < -0.39 is 0 Å². The van der Waals surface area contributed by atoms with Crippen LogP contribution in [-0.4, -0.2) is 36.5 Å². The number of benzene rings is 1. The molecule has 1 aromatic carbocycles. The summed E-state index contributed by atoms with van der Waals surface area (Å²) in [5, 5.41) is 10.4. The lowest BCUT2D eigenvalue weighted by Gasteiger charge is -2.29. The molecule has 1 aromatic heterocycles. The fraction of sp³-hybridized carbons (Fsp3) is 0.385. The lowest BCUT2D eigenvalue weighted by molar-refractivity contribution is 0.122. The van der Waals surface area contributed by atoms with E-state index in [0.717, 1.165) is 37.4 Å². The van der Waals surface area contributed by atoms with E-state index in [1.807, 2.05) is 13.1 Å². The summed E-state index contributed by atoms with van der Waals surface area (Å²) in [6.45, 7) is 5.53. The summed E-state index contributed by atoms with van der Waals surface area (Å²) in [6, 6.07) is 6.47. The Kier molecular flexibility index (Phi) is 2.65. The van der Waals surface area contributed by atoms with Crippen LogP contribution >= 0.6 is 0 Å². The molecule has 0 atom stereocenters. The highest BCUT2D eigenvalue weighted by molar-refractivity contribution is 5.86. The molecule has 88 valence electrons. The zero-order valence-corrected chi connectivity index (χ0v) is 9.89. The summed E-state index contributed by atoms with van der Waals surface area (Å²) in [6.07, 6.45) is 1.83. The highest BCUT2D eigenvalue weighted by Gasteiger charge is 2.11. The lowest BCUT2D eigenvalue weighted by atomic mass is 10.1. The van der Waals surface area contributed by atoms with Crippen molar-refractivity contribution in [3.8, 4) is 0 Å². The Morgan fingerprint density at radius 1 is 1.24 bits per heavy atom. The van der Waals surface area contributed by atoms with Crippen LogP contribution in [0, 0.1) is 6.92 Å². The quantitative estimate of drug-likeness (QED) is 0.747. The second-order valence-electron chi connectivity index (χ2n) is 4.30. The van der Waals surface area contributed by atoms with Gasteiger partial charge in [0.05, 0.1) is 25.1 Å². The van der Waals surface area contributed by atoms with Gasteiger partial charge >= 0.3 is 0 Å². The maximum atomic E-state index is 5.36. The van der Waals surface area contributed by atoms with E-state index in [4.69, 9.17) is 4.74 Å². The van der Waals surface area contributed by atoms with E-state index >= 15 is 0 Å². The van der Waals surface area contributed by atoms with Crippen molar-refractivity contribution in [1.29, 1.82) is 0 Å². The summed E-state index contributed by atoms with van der Waals surface area (Å²) in [5.74, 6) is 0. The van der Waals surface area contributed by atoms with E-state index in [9.17, 15) is 0 Å².